The van der Waals surface area contributed by atoms with Gasteiger partial charge in [0, 0.05) is 61.6 Å². The lowest BCUT2D eigenvalue weighted by Gasteiger charge is -2.35. The molecule has 0 unspecified atom stereocenters. The van der Waals surface area contributed by atoms with Crippen molar-refractivity contribution < 1.29 is 4.79 Å². The summed E-state index contributed by atoms with van der Waals surface area (Å²) in [6.45, 7) is 0.477. The van der Waals surface area contributed by atoms with Gasteiger partial charge < -0.3 is 10.2 Å². The van der Waals surface area contributed by atoms with Crippen LogP contribution < -0.4 is 10.2 Å². The lowest BCUT2D eigenvalue weighted by molar-refractivity contribution is -0.132. The maximum atomic E-state index is 13.6. The van der Waals surface area contributed by atoms with E-state index in [0.717, 1.165) is 36.5 Å². The Morgan fingerprint density at radius 3 is 2.90 bits per heavy atom. The van der Waals surface area contributed by atoms with Crippen molar-refractivity contribution in [1.29, 1.82) is 0 Å². The minimum atomic E-state index is -0.529. The summed E-state index contributed by atoms with van der Waals surface area (Å²) in [5, 5.41) is 9.42. The first-order chi connectivity index (χ1) is 14.2. The summed E-state index contributed by atoms with van der Waals surface area (Å²) in [6, 6.07) is 2.18. The zero-order valence-electron chi connectivity index (χ0n) is 16.2. The Balaban J connectivity index is 1.44. The highest BCUT2D eigenvalue weighted by Crippen LogP contribution is 2.52. The smallest absolute Gasteiger partial charge is 0.229 e. The van der Waals surface area contributed by atoms with E-state index >= 15 is 0 Å². The van der Waals surface area contributed by atoms with Crippen molar-refractivity contribution in [2.24, 2.45) is 12.5 Å². The Morgan fingerprint density at radius 2 is 2.17 bits per heavy atom. The number of nitrogens with one attached hydrogen (secondary N) is 1. The third-order valence-corrected chi connectivity index (χ3v) is 6.80. The summed E-state index contributed by atoms with van der Waals surface area (Å²) >= 11 is 1.57. The average Bonchev–Trinajstić information content (AvgIpc) is 3.52. The molecule has 0 aliphatic carbocycles. The molecule has 0 radical (unpaired) electrons. The molecule has 2 aliphatic rings. The van der Waals surface area contributed by atoms with Crippen molar-refractivity contribution in [2.75, 3.05) is 4.90 Å². The zero-order valence-corrected chi connectivity index (χ0v) is 17.0. The SMILES string of the molecule is Cn1cc(CNC(=O)[C@@]2(Cc3cscn3)C[C@H]3CC[C@@H]2N3c2ncccn2)cn1. The molecule has 150 valence electrons. The van der Waals surface area contributed by atoms with Gasteiger partial charge in [-0.1, -0.05) is 0 Å². The van der Waals surface area contributed by atoms with E-state index in [1.807, 2.05) is 30.2 Å². The van der Waals surface area contributed by atoms with Gasteiger partial charge in [0.2, 0.25) is 11.9 Å². The number of nitrogens with zero attached hydrogens (tertiary/aromatic N) is 6. The van der Waals surface area contributed by atoms with Gasteiger partial charge in [-0.15, -0.1) is 11.3 Å². The maximum absolute atomic E-state index is 13.6. The highest BCUT2D eigenvalue weighted by Gasteiger charge is 2.60. The molecular formula is C20H23N7OS. The number of fused-ring (bicyclic) bond motifs is 2. The van der Waals surface area contributed by atoms with Crippen LogP contribution >= 0.6 is 11.3 Å². The van der Waals surface area contributed by atoms with Crippen molar-refractivity contribution in [3.8, 4) is 0 Å². The van der Waals surface area contributed by atoms with Gasteiger partial charge in [-0.2, -0.15) is 5.10 Å². The van der Waals surface area contributed by atoms with Gasteiger partial charge in [-0.25, -0.2) is 15.0 Å². The molecule has 5 rings (SSSR count). The van der Waals surface area contributed by atoms with Crippen LogP contribution in [0.5, 0.6) is 0 Å². The minimum Gasteiger partial charge on any atom is -0.351 e. The fourth-order valence-corrected chi connectivity index (χ4v) is 5.55. The number of aryl methyl sites for hydroxylation is 1. The first-order valence-electron chi connectivity index (χ1n) is 9.84. The second kappa shape index (κ2) is 7.22. The number of hydrogen-bond acceptors (Lipinski definition) is 7. The van der Waals surface area contributed by atoms with Crippen molar-refractivity contribution in [1.82, 2.24) is 30.0 Å². The van der Waals surface area contributed by atoms with Gasteiger partial charge in [0.25, 0.3) is 0 Å². The Bertz CT molecular complexity index is 989. The number of anilines is 1. The van der Waals surface area contributed by atoms with Crippen LogP contribution in [0.3, 0.4) is 0 Å². The van der Waals surface area contributed by atoms with E-state index in [-0.39, 0.29) is 18.0 Å². The summed E-state index contributed by atoms with van der Waals surface area (Å²) in [4.78, 5) is 29.3. The molecule has 3 aromatic heterocycles. The monoisotopic (exact) mass is 409 g/mol. The number of carbonyl (C=O) groups is 1. The van der Waals surface area contributed by atoms with Crippen molar-refractivity contribution in [2.45, 2.75) is 44.3 Å². The topological polar surface area (TPSA) is 88.8 Å². The van der Waals surface area contributed by atoms with Gasteiger partial charge in [0.15, 0.2) is 0 Å². The van der Waals surface area contributed by atoms with E-state index in [0.29, 0.717) is 13.0 Å². The lowest BCUT2D eigenvalue weighted by Crippen LogP contribution is -2.50. The Kier molecular flexibility index (Phi) is 4.54. The number of amides is 1. The fourth-order valence-electron chi connectivity index (χ4n) is 4.99. The van der Waals surface area contributed by atoms with Gasteiger partial charge in [-0.05, 0) is 25.3 Å². The number of aromatic nitrogens is 5. The van der Waals surface area contributed by atoms with Gasteiger partial charge in [0.1, 0.15) is 0 Å². The Hall–Kier alpha value is -2.81. The summed E-state index contributed by atoms with van der Waals surface area (Å²) in [5.74, 6) is 0.808. The van der Waals surface area contributed by atoms with Gasteiger partial charge in [-0.3, -0.25) is 9.48 Å². The Morgan fingerprint density at radius 1 is 1.31 bits per heavy atom. The van der Waals surface area contributed by atoms with Crippen molar-refractivity contribution >= 4 is 23.2 Å². The maximum Gasteiger partial charge on any atom is 0.229 e. The molecule has 2 fully saturated rings. The highest BCUT2D eigenvalue weighted by molar-refractivity contribution is 7.07. The molecule has 1 amide bonds. The molecule has 1 N–H and O–H groups in total. The third kappa shape index (κ3) is 3.19. The molecule has 9 heteroatoms. The van der Waals surface area contributed by atoms with E-state index in [1.54, 1.807) is 34.6 Å². The number of hydrogen-bond donors (Lipinski definition) is 1. The van der Waals surface area contributed by atoms with Crippen LogP contribution in [0.4, 0.5) is 5.95 Å². The van der Waals surface area contributed by atoms with Crippen LogP contribution in [-0.2, 0) is 24.8 Å². The van der Waals surface area contributed by atoms with Crippen LogP contribution in [0.2, 0.25) is 0 Å². The van der Waals surface area contributed by atoms with Crippen LogP contribution in [0.25, 0.3) is 0 Å². The molecule has 2 saturated heterocycles. The molecule has 3 atom stereocenters. The molecule has 29 heavy (non-hydrogen) atoms. The minimum absolute atomic E-state index is 0.0745. The van der Waals surface area contributed by atoms with Gasteiger partial charge in [0.05, 0.1) is 22.8 Å². The van der Waals surface area contributed by atoms with E-state index in [2.05, 4.69) is 30.3 Å². The molecular weight excluding hydrogens is 386 g/mol. The number of carbonyl (C=O) groups excluding carboxylic acids is 1. The molecule has 0 aromatic carbocycles. The highest BCUT2D eigenvalue weighted by atomic mass is 32.1. The normalized spacial score (nSPS) is 25.5. The molecule has 0 spiro atoms. The lowest BCUT2D eigenvalue weighted by atomic mass is 9.70. The van der Waals surface area contributed by atoms with Crippen LogP contribution in [-0.4, -0.2) is 42.7 Å². The first-order valence-corrected chi connectivity index (χ1v) is 10.8. The van der Waals surface area contributed by atoms with Crippen LogP contribution in [0, 0.1) is 5.41 Å². The predicted molar refractivity (Wildman–Crippen MR) is 109 cm³/mol. The summed E-state index contributed by atoms with van der Waals surface area (Å²) in [6.07, 6.45) is 10.7. The number of rotatable bonds is 6. The molecule has 3 aromatic rings. The largest absolute Gasteiger partial charge is 0.351 e. The van der Waals surface area contributed by atoms with E-state index in [1.165, 1.54) is 0 Å². The van der Waals surface area contributed by atoms with E-state index in [9.17, 15) is 4.79 Å². The summed E-state index contributed by atoms with van der Waals surface area (Å²) in [5.41, 5.74) is 3.28. The standard InChI is InChI=1S/C20H23N7OS/c1-26-11-14(10-25-26)9-23-18(28)20(7-15-12-29-13-24-15)8-16-3-4-17(20)27(16)19-21-5-2-6-22-19/h2,5-6,10-13,16-17H,3-4,7-9H2,1H3,(H,23,28)/t16-,17+,20+/m1/s1. The second-order valence-electron chi connectivity index (χ2n) is 7.92. The van der Waals surface area contributed by atoms with Crippen LogP contribution in [0.1, 0.15) is 30.5 Å². The molecule has 2 bridgehead atoms. The van der Waals surface area contributed by atoms with Crippen molar-refractivity contribution in [3.63, 3.8) is 0 Å². The van der Waals surface area contributed by atoms with E-state index < -0.39 is 5.41 Å². The molecule has 8 nitrogen and oxygen atoms in total. The number of thiazole rings is 1. The predicted octanol–water partition coefficient (Wildman–Crippen LogP) is 1.95. The van der Waals surface area contributed by atoms with Crippen molar-refractivity contribution in [3.05, 3.63) is 53.0 Å². The zero-order chi connectivity index (χ0) is 19.8. The third-order valence-electron chi connectivity index (χ3n) is 6.17. The van der Waals surface area contributed by atoms with Gasteiger partial charge >= 0.3 is 0 Å². The fraction of sp³-hybridized carbons (Fsp3) is 0.450. The summed E-state index contributed by atoms with van der Waals surface area (Å²) in [7, 11) is 1.88. The summed E-state index contributed by atoms with van der Waals surface area (Å²) < 4.78 is 1.75. The van der Waals surface area contributed by atoms with E-state index in [4.69, 9.17) is 0 Å². The molecule has 2 aliphatic heterocycles. The first kappa shape index (κ1) is 18.2. The second-order valence-corrected chi connectivity index (χ2v) is 8.64. The Labute approximate surface area is 173 Å². The van der Waals surface area contributed by atoms with Crippen LogP contribution in [0.15, 0.2) is 41.7 Å². The molecule has 0 saturated carbocycles. The average molecular weight is 410 g/mol. The molecule has 5 heterocycles. The quantitative estimate of drug-likeness (QED) is 0.669.